The number of ether oxygens (including phenoxy) is 2. The molecule has 112 valence electrons. The predicted octanol–water partition coefficient (Wildman–Crippen LogP) is 1.45. The second-order valence-electron chi connectivity index (χ2n) is 4.66. The van der Waals surface area contributed by atoms with E-state index < -0.39 is 0 Å². The van der Waals surface area contributed by atoms with Gasteiger partial charge in [0.05, 0.1) is 20.1 Å². The monoisotopic (exact) mass is 300 g/mol. The van der Waals surface area contributed by atoms with E-state index in [1.807, 2.05) is 29.2 Å². The van der Waals surface area contributed by atoms with Gasteiger partial charge in [-0.05, 0) is 30.7 Å². The van der Waals surface area contributed by atoms with Crippen molar-refractivity contribution in [2.75, 3.05) is 26.8 Å². The number of likely N-dealkylation sites (tertiary alicyclic amines) is 1. The summed E-state index contributed by atoms with van der Waals surface area (Å²) in [5.41, 5.74) is 5.77. The molecular weight excluding hydrogens is 280 g/mol. The maximum absolute atomic E-state index is 11.9. The van der Waals surface area contributed by atoms with Gasteiger partial charge in [0.15, 0.2) is 0 Å². The molecular formula is C14H21ClN2O3. The molecule has 1 aliphatic heterocycles. The first kappa shape index (κ1) is 16.6. The van der Waals surface area contributed by atoms with E-state index in [1.165, 1.54) is 0 Å². The number of carbonyl (C=O) groups is 1. The van der Waals surface area contributed by atoms with Crippen molar-refractivity contribution in [3.63, 3.8) is 0 Å². The summed E-state index contributed by atoms with van der Waals surface area (Å²) in [5, 5.41) is 0. The normalized spacial score (nSPS) is 17.5. The molecule has 20 heavy (non-hydrogen) atoms. The lowest BCUT2D eigenvalue weighted by atomic mass is 10.3. The third-order valence-corrected chi connectivity index (χ3v) is 3.22. The number of nitrogens with two attached hydrogens (primary N) is 1. The molecule has 6 heteroatoms. The highest BCUT2D eigenvalue weighted by atomic mass is 35.5. The van der Waals surface area contributed by atoms with Gasteiger partial charge in [0.25, 0.3) is 0 Å². The van der Waals surface area contributed by atoms with Gasteiger partial charge in [-0.3, -0.25) is 4.79 Å². The van der Waals surface area contributed by atoms with Crippen molar-refractivity contribution in [2.24, 2.45) is 5.73 Å². The third-order valence-electron chi connectivity index (χ3n) is 3.22. The fourth-order valence-corrected chi connectivity index (χ4v) is 2.10. The number of hydrogen-bond donors (Lipinski definition) is 1. The van der Waals surface area contributed by atoms with Gasteiger partial charge in [0.1, 0.15) is 11.5 Å². The standard InChI is InChI=1S/C14H20N2O3.ClH/c1-18-12-2-4-13(5-3-12)19-9-7-14(17)16-8-6-11(15)10-16;/h2-5,11H,6-10,15H2,1H3;1H/t11-;/m1./s1. The minimum Gasteiger partial charge on any atom is -0.497 e. The van der Waals surface area contributed by atoms with Gasteiger partial charge in [0.2, 0.25) is 5.91 Å². The quantitative estimate of drug-likeness (QED) is 0.894. The SMILES string of the molecule is COc1ccc(OCCC(=O)N2CC[C@@H](N)C2)cc1.Cl. The second-order valence-corrected chi connectivity index (χ2v) is 4.66. The maximum Gasteiger partial charge on any atom is 0.226 e. The average molecular weight is 301 g/mol. The van der Waals surface area contributed by atoms with E-state index in [9.17, 15) is 4.79 Å². The minimum atomic E-state index is 0. The van der Waals surface area contributed by atoms with E-state index in [4.69, 9.17) is 15.2 Å². The van der Waals surface area contributed by atoms with Crippen LogP contribution in [0.1, 0.15) is 12.8 Å². The molecule has 1 saturated heterocycles. The summed E-state index contributed by atoms with van der Waals surface area (Å²) in [5.74, 6) is 1.64. The Balaban J connectivity index is 0.00000200. The lowest BCUT2D eigenvalue weighted by Crippen LogP contribution is -2.32. The number of hydrogen-bond acceptors (Lipinski definition) is 4. The average Bonchev–Trinajstić information content (AvgIpc) is 2.86. The van der Waals surface area contributed by atoms with E-state index in [-0.39, 0.29) is 24.4 Å². The first-order valence-corrected chi connectivity index (χ1v) is 6.49. The lowest BCUT2D eigenvalue weighted by molar-refractivity contribution is -0.130. The number of rotatable bonds is 5. The summed E-state index contributed by atoms with van der Waals surface area (Å²) in [4.78, 5) is 13.7. The van der Waals surface area contributed by atoms with Crippen LogP contribution in [0, 0.1) is 0 Å². The molecule has 5 nitrogen and oxygen atoms in total. The van der Waals surface area contributed by atoms with Gasteiger partial charge in [-0.25, -0.2) is 0 Å². The summed E-state index contributed by atoms with van der Waals surface area (Å²) < 4.78 is 10.6. The maximum atomic E-state index is 11.9. The Morgan fingerprint density at radius 3 is 2.55 bits per heavy atom. The molecule has 1 aromatic rings. The summed E-state index contributed by atoms with van der Waals surface area (Å²) in [7, 11) is 1.62. The summed E-state index contributed by atoms with van der Waals surface area (Å²) in [6.45, 7) is 1.82. The first-order chi connectivity index (χ1) is 9.19. The van der Waals surface area contributed by atoms with Crippen LogP contribution in [0.25, 0.3) is 0 Å². The van der Waals surface area contributed by atoms with Crippen molar-refractivity contribution < 1.29 is 14.3 Å². The molecule has 0 aromatic heterocycles. The van der Waals surface area contributed by atoms with Gasteiger partial charge in [-0.15, -0.1) is 12.4 Å². The smallest absolute Gasteiger partial charge is 0.226 e. The molecule has 1 aromatic carbocycles. The molecule has 2 N–H and O–H groups in total. The van der Waals surface area contributed by atoms with Crippen molar-refractivity contribution in [1.29, 1.82) is 0 Å². The number of nitrogens with zero attached hydrogens (tertiary/aromatic N) is 1. The van der Waals surface area contributed by atoms with E-state index in [0.29, 0.717) is 19.6 Å². The lowest BCUT2D eigenvalue weighted by Gasteiger charge is -2.15. The number of halogens is 1. The van der Waals surface area contributed by atoms with E-state index >= 15 is 0 Å². The highest BCUT2D eigenvalue weighted by Gasteiger charge is 2.22. The molecule has 2 rings (SSSR count). The van der Waals surface area contributed by atoms with E-state index in [2.05, 4.69) is 0 Å². The summed E-state index contributed by atoms with van der Waals surface area (Å²) in [6, 6.07) is 7.45. The topological polar surface area (TPSA) is 64.8 Å². The van der Waals surface area contributed by atoms with Gasteiger partial charge >= 0.3 is 0 Å². The molecule has 1 atom stereocenters. The zero-order valence-electron chi connectivity index (χ0n) is 11.6. The third kappa shape index (κ3) is 4.58. The molecule has 0 radical (unpaired) electrons. The van der Waals surface area contributed by atoms with Crippen molar-refractivity contribution in [3.8, 4) is 11.5 Å². The number of benzene rings is 1. The molecule has 0 bridgehead atoms. The zero-order valence-corrected chi connectivity index (χ0v) is 12.4. The van der Waals surface area contributed by atoms with Gasteiger partial charge < -0.3 is 20.1 Å². The molecule has 1 aliphatic rings. The van der Waals surface area contributed by atoms with Crippen LogP contribution in [0.5, 0.6) is 11.5 Å². The Hall–Kier alpha value is -1.46. The fraction of sp³-hybridized carbons (Fsp3) is 0.500. The molecule has 0 saturated carbocycles. The molecule has 1 heterocycles. The van der Waals surface area contributed by atoms with Crippen LogP contribution in [-0.2, 0) is 4.79 Å². The Labute approximate surface area is 125 Å². The van der Waals surface area contributed by atoms with Crippen LogP contribution in [0.15, 0.2) is 24.3 Å². The van der Waals surface area contributed by atoms with Gasteiger partial charge in [-0.1, -0.05) is 0 Å². The van der Waals surface area contributed by atoms with Crippen LogP contribution in [0.2, 0.25) is 0 Å². The predicted molar refractivity (Wildman–Crippen MR) is 79.5 cm³/mol. The van der Waals surface area contributed by atoms with E-state index in [0.717, 1.165) is 24.5 Å². The van der Waals surface area contributed by atoms with Crippen LogP contribution < -0.4 is 15.2 Å². The van der Waals surface area contributed by atoms with E-state index in [1.54, 1.807) is 7.11 Å². The van der Waals surface area contributed by atoms with Crippen molar-refractivity contribution in [1.82, 2.24) is 4.90 Å². The first-order valence-electron chi connectivity index (χ1n) is 6.49. The number of amides is 1. The number of carbonyl (C=O) groups excluding carboxylic acids is 1. The Bertz CT molecular complexity index is 425. The Kier molecular flexibility index (Phi) is 6.61. The molecule has 0 spiro atoms. The fourth-order valence-electron chi connectivity index (χ4n) is 2.10. The molecule has 1 fully saturated rings. The highest BCUT2D eigenvalue weighted by Crippen LogP contribution is 2.17. The van der Waals surface area contributed by atoms with Crippen LogP contribution in [0.4, 0.5) is 0 Å². The highest BCUT2D eigenvalue weighted by molar-refractivity contribution is 5.85. The Morgan fingerprint density at radius 1 is 1.35 bits per heavy atom. The number of methoxy groups -OCH3 is 1. The molecule has 0 aliphatic carbocycles. The van der Waals surface area contributed by atoms with Crippen molar-refractivity contribution >= 4 is 18.3 Å². The van der Waals surface area contributed by atoms with Crippen LogP contribution in [-0.4, -0.2) is 43.7 Å². The van der Waals surface area contributed by atoms with Crippen LogP contribution in [0.3, 0.4) is 0 Å². The molecule has 1 amide bonds. The minimum absolute atomic E-state index is 0. The van der Waals surface area contributed by atoms with Crippen molar-refractivity contribution in [3.05, 3.63) is 24.3 Å². The van der Waals surface area contributed by atoms with Gasteiger partial charge in [0, 0.05) is 19.1 Å². The van der Waals surface area contributed by atoms with Crippen molar-refractivity contribution in [2.45, 2.75) is 18.9 Å². The Morgan fingerprint density at radius 2 is 2.00 bits per heavy atom. The summed E-state index contributed by atoms with van der Waals surface area (Å²) in [6.07, 6.45) is 1.28. The van der Waals surface area contributed by atoms with Gasteiger partial charge in [-0.2, -0.15) is 0 Å². The summed E-state index contributed by atoms with van der Waals surface area (Å²) >= 11 is 0. The molecule has 0 unspecified atom stereocenters. The zero-order chi connectivity index (χ0) is 13.7. The van der Waals surface area contributed by atoms with Crippen LogP contribution >= 0.6 is 12.4 Å². The largest absolute Gasteiger partial charge is 0.497 e. The second kappa shape index (κ2) is 7.97.